The summed E-state index contributed by atoms with van der Waals surface area (Å²) in [5, 5.41) is 5.15. The molecule has 0 heterocycles. The predicted octanol–water partition coefficient (Wildman–Crippen LogP) is 1.79. The second kappa shape index (κ2) is 9.04. The van der Waals surface area contributed by atoms with E-state index in [0.29, 0.717) is 11.1 Å². The van der Waals surface area contributed by atoms with Crippen LogP contribution in [0, 0.1) is 11.8 Å². The van der Waals surface area contributed by atoms with Crippen LogP contribution >= 0.6 is 0 Å². The summed E-state index contributed by atoms with van der Waals surface area (Å²) in [6.07, 6.45) is 0. The van der Waals surface area contributed by atoms with Crippen LogP contribution in [0.3, 0.4) is 0 Å². The van der Waals surface area contributed by atoms with Gasteiger partial charge in [-0.1, -0.05) is 42.2 Å². The number of benzene rings is 2. The molecule has 0 aliphatic heterocycles. The molecule has 2 N–H and O–H groups in total. The van der Waals surface area contributed by atoms with E-state index in [1.807, 2.05) is 6.07 Å². The molecule has 2 aromatic rings. The van der Waals surface area contributed by atoms with E-state index in [0.717, 1.165) is 5.56 Å². The lowest BCUT2D eigenvalue weighted by molar-refractivity contribution is -0.119. The fourth-order valence-electron chi connectivity index (χ4n) is 1.99. The number of ketones is 1. The fraction of sp³-hybridized carbons (Fsp3) is 0.150. The van der Waals surface area contributed by atoms with Crippen LogP contribution in [0.1, 0.15) is 33.2 Å². The summed E-state index contributed by atoms with van der Waals surface area (Å²) >= 11 is 0. The predicted molar refractivity (Wildman–Crippen MR) is 95.1 cm³/mol. The highest BCUT2D eigenvalue weighted by Gasteiger charge is 2.06. The molecule has 0 unspecified atom stereocenters. The maximum absolute atomic E-state index is 11.8. The third-order valence-corrected chi connectivity index (χ3v) is 3.34. The molecule has 0 aliphatic rings. The molecule has 2 aromatic carbocycles. The summed E-state index contributed by atoms with van der Waals surface area (Å²) in [5.74, 6) is 5.11. The molecule has 2 amide bonds. The average Bonchev–Trinajstić information content (AvgIpc) is 2.64. The molecule has 0 spiro atoms. The molecule has 0 bridgehead atoms. The molecule has 0 saturated heterocycles. The first-order chi connectivity index (χ1) is 12.1. The maximum Gasteiger partial charge on any atom is 0.251 e. The smallest absolute Gasteiger partial charge is 0.251 e. The molecule has 5 nitrogen and oxygen atoms in total. The number of rotatable bonds is 5. The van der Waals surface area contributed by atoms with Gasteiger partial charge in [0.1, 0.15) is 0 Å². The van der Waals surface area contributed by atoms with E-state index in [1.54, 1.807) is 48.5 Å². The molecule has 0 atom stereocenters. The van der Waals surface area contributed by atoms with Crippen molar-refractivity contribution in [3.05, 3.63) is 71.3 Å². The summed E-state index contributed by atoms with van der Waals surface area (Å²) in [7, 11) is 0. The zero-order valence-electron chi connectivity index (χ0n) is 13.8. The number of carbonyl (C=O) groups is 3. The Labute approximate surface area is 146 Å². The lowest BCUT2D eigenvalue weighted by Gasteiger charge is -2.04. The van der Waals surface area contributed by atoms with Gasteiger partial charge in [-0.15, -0.1) is 0 Å². The number of hydrogen-bond donors (Lipinski definition) is 2. The number of nitrogens with one attached hydrogen (secondary N) is 2. The lowest BCUT2D eigenvalue weighted by atomic mass is 10.1. The van der Waals surface area contributed by atoms with Gasteiger partial charge in [0.15, 0.2) is 5.78 Å². The van der Waals surface area contributed by atoms with Crippen molar-refractivity contribution >= 4 is 17.6 Å². The van der Waals surface area contributed by atoms with E-state index in [9.17, 15) is 14.4 Å². The fourth-order valence-corrected chi connectivity index (χ4v) is 1.99. The maximum atomic E-state index is 11.8. The van der Waals surface area contributed by atoms with Gasteiger partial charge < -0.3 is 10.6 Å². The highest BCUT2D eigenvalue weighted by molar-refractivity contribution is 5.96. The monoisotopic (exact) mass is 334 g/mol. The van der Waals surface area contributed by atoms with Crippen molar-refractivity contribution in [3.63, 3.8) is 0 Å². The number of amides is 2. The van der Waals surface area contributed by atoms with Crippen LogP contribution in [0.4, 0.5) is 0 Å². The van der Waals surface area contributed by atoms with Crippen LogP contribution in [0.15, 0.2) is 54.6 Å². The zero-order chi connectivity index (χ0) is 18.1. The standard InChI is InChI=1S/C20H18N2O3/c1-15(23)17-11-9-16(10-12-17)6-5-13-21-19(24)14-22-20(25)18-7-3-2-4-8-18/h2-4,7-12H,13-14H2,1H3,(H,21,24)(H,22,25). The van der Waals surface area contributed by atoms with Crippen molar-refractivity contribution in [1.29, 1.82) is 0 Å². The first kappa shape index (κ1) is 18.0. The van der Waals surface area contributed by atoms with Crippen LogP contribution in [-0.4, -0.2) is 30.7 Å². The average molecular weight is 334 g/mol. The van der Waals surface area contributed by atoms with Crippen LogP contribution in [0.2, 0.25) is 0 Å². The number of carbonyl (C=O) groups excluding carboxylic acids is 3. The molecule has 0 aromatic heterocycles. The van der Waals surface area contributed by atoms with Crippen molar-refractivity contribution in [2.75, 3.05) is 13.1 Å². The molecule has 0 radical (unpaired) electrons. The summed E-state index contributed by atoms with van der Waals surface area (Å²) in [5.41, 5.74) is 1.90. The van der Waals surface area contributed by atoms with Crippen LogP contribution in [0.5, 0.6) is 0 Å². The van der Waals surface area contributed by atoms with Gasteiger partial charge in [-0.2, -0.15) is 0 Å². The first-order valence-corrected chi connectivity index (χ1v) is 7.76. The Balaban J connectivity index is 1.74. The highest BCUT2D eigenvalue weighted by Crippen LogP contribution is 2.03. The summed E-state index contributed by atoms with van der Waals surface area (Å²) < 4.78 is 0. The van der Waals surface area contributed by atoms with Crippen molar-refractivity contribution in [1.82, 2.24) is 10.6 Å². The van der Waals surface area contributed by atoms with Gasteiger partial charge in [-0.3, -0.25) is 14.4 Å². The molecule has 5 heteroatoms. The zero-order valence-corrected chi connectivity index (χ0v) is 13.8. The Morgan fingerprint density at radius 2 is 1.56 bits per heavy atom. The lowest BCUT2D eigenvalue weighted by Crippen LogP contribution is -2.37. The van der Waals surface area contributed by atoms with Crippen molar-refractivity contribution in [2.24, 2.45) is 0 Å². The minimum Gasteiger partial charge on any atom is -0.344 e. The molecular formula is C20H18N2O3. The molecule has 0 saturated carbocycles. The van der Waals surface area contributed by atoms with Crippen LogP contribution < -0.4 is 10.6 Å². The minimum atomic E-state index is -0.314. The Morgan fingerprint density at radius 3 is 2.20 bits per heavy atom. The van der Waals surface area contributed by atoms with Gasteiger partial charge in [0.25, 0.3) is 5.91 Å². The van der Waals surface area contributed by atoms with Gasteiger partial charge >= 0.3 is 0 Å². The largest absolute Gasteiger partial charge is 0.344 e. The van der Waals surface area contributed by atoms with Crippen molar-refractivity contribution in [2.45, 2.75) is 6.92 Å². The van der Waals surface area contributed by atoms with Crippen LogP contribution in [0.25, 0.3) is 0 Å². The molecule has 126 valence electrons. The van der Waals surface area contributed by atoms with Crippen molar-refractivity contribution in [3.8, 4) is 11.8 Å². The quantitative estimate of drug-likeness (QED) is 0.646. The molecule has 0 fully saturated rings. The third kappa shape index (κ3) is 5.96. The topological polar surface area (TPSA) is 75.3 Å². The molecule has 25 heavy (non-hydrogen) atoms. The van der Waals surface area contributed by atoms with Gasteiger partial charge in [0, 0.05) is 16.7 Å². The summed E-state index contributed by atoms with van der Waals surface area (Å²) in [6, 6.07) is 15.6. The van der Waals surface area contributed by atoms with Gasteiger partial charge in [-0.25, -0.2) is 0 Å². The first-order valence-electron chi connectivity index (χ1n) is 7.76. The Kier molecular flexibility index (Phi) is 6.49. The van der Waals surface area contributed by atoms with E-state index < -0.39 is 0 Å². The Bertz CT molecular complexity index is 816. The van der Waals surface area contributed by atoms with Crippen molar-refractivity contribution < 1.29 is 14.4 Å². The Hall–Kier alpha value is -3.39. The van der Waals surface area contributed by atoms with E-state index in [-0.39, 0.29) is 30.7 Å². The molecular weight excluding hydrogens is 316 g/mol. The summed E-state index contributed by atoms with van der Waals surface area (Å²) in [6.45, 7) is 1.57. The van der Waals surface area contributed by atoms with Gasteiger partial charge in [0.2, 0.25) is 5.91 Å². The van der Waals surface area contributed by atoms with Crippen LogP contribution in [-0.2, 0) is 4.79 Å². The highest BCUT2D eigenvalue weighted by atomic mass is 16.2. The number of hydrogen-bond acceptors (Lipinski definition) is 3. The van der Waals surface area contributed by atoms with Gasteiger partial charge in [-0.05, 0) is 31.2 Å². The second-order valence-corrected chi connectivity index (χ2v) is 5.26. The van der Waals surface area contributed by atoms with E-state index >= 15 is 0 Å². The number of Topliss-reactive ketones (excluding diaryl/α,β-unsaturated/α-hetero) is 1. The molecule has 2 rings (SSSR count). The molecule has 0 aliphatic carbocycles. The third-order valence-electron chi connectivity index (χ3n) is 3.34. The van der Waals surface area contributed by atoms with E-state index in [2.05, 4.69) is 22.5 Å². The van der Waals surface area contributed by atoms with E-state index in [4.69, 9.17) is 0 Å². The normalized spacial score (nSPS) is 9.48. The van der Waals surface area contributed by atoms with E-state index in [1.165, 1.54) is 6.92 Å². The second-order valence-electron chi connectivity index (χ2n) is 5.26. The summed E-state index contributed by atoms with van der Waals surface area (Å²) in [4.78, 5) is 34.7. The van der Waals surface area contributed by atoms with Gasteiger partial charge in [0.05, 0.1) is 13.1 Å². The SMILES string of the molecule is CC(=O)c1ccc(C#CCNC(=O)CNC(=O)c2ccccc2)cc1. The Morgan fingerprint density at radius 1 is 0.880 bits per heavy atom. The minimum absolute atomic E-state index is 0.00400.